The molecule has 0 bridgehead atoms. The first-order valence-corrected chi connectivity index (χ1v) is 10.5. The van der Waals surface area contributed by atoms with Gasteiger partial charge in [-0.3, -0.25) is 4.99 Å². The molecule has 0 aromatic carbocycles. The number of aromatic amines is 1. The third kappa shape index (κ3) is 6.00. The summed E-state index contributed by atoms with van der Waals surface area (Å²) in [6.07, 6.45) is 4.85. The second-order valence-corrected chi connectivity index (χ2v) is 8.69. The van der Waals surface area contributed by atoms with Crippen LogP contribution in [0.4, 0.5) is 9.93 Å². The zero-order valence-electron chi connectivity index (χ0n) is 17.3. The number of H-pyrrole nitrogens is 1. The Hall–Kier alpha value is -2.50. The van der Waals surface area contributed by atoms with Gasteiger partial charge in [0.15, 0.2) is 0 Å². The van der Waals surface area contributed by atoms with Gasteiger partial charge in [0.2, 0.25) is 0 Å². The van der Waals surface area contributed by atoms with Crippen molar-refractivity contribution in [2.24, 2.45) is 10.7 Å². The van der Waals surface area contributed by atoms with Gasteiger partial charge < -0.3 is 25.3 Å². The van der Waals surface area contributed by atoms with Gasteiger partial charge in [-0.05, 0) is 37.2 Å². The number of thiazole rings is 1. The Bertz CT molecular complexity index is 848. The number of rotatable bonds is 8. The van der Waals surface area contributed by atoms with E-state index in [1.54, 1.807) is 6.20 Å². The molecule has 5 N–H and O–H groups in total. The molecular weight excluding hydrogens is 410 g/mol. The van der Waals surface area contributed by atoms with E-state index in [0.717, 1.165) is 17.7 Å². The average molecular weight is 439 g/mol. The van der Waals surface area contributed by atoms with Gasteiger partial charge in [-0.25, -0.2) is 14.6 Å². The number of carbonyl (C=O) groups is 2. The fourth-order valence-corrected chi connectivity index (χ4v) is 3.85. The molecule has 2 heterocycles. The van der Waals surface area contributed by atoms with Crippen molar-refractivity contribution in [1.29, 1.82) is 0 Å². The van der Waals surface area contributed by atoms with Crippen LogP contribution < -0.4 is 21.4 Å². The largest absolute Gasteiger partial charge is 0.444 e. The monoisotopic (exact) mass is 438 g/mol. The maximum atomic E-state index is 12.4. The van der Waals surface area contributed by atoms with E-state index in [1.807, 2.05) is 6.92 Å². The highest BCUT2D eigenvalue weighted by molar-refractivity contribution is 7.15. The van der Waals surface area contributed by atoms with Crippen LogP contribution in [0.1, 0.15) is 37.2 Å². The van der Waals surface area contributed by atoms with Crippen molar-refractivity contribution in [3.8, 4) is 0 Å². The molecule has 2 atom stereocenters. The standard InChI is InChI=1S/C19H27N5O5S/c1-19(4-5-19)24-18(26)29-12-7-14(28-10-12)15-8-22-17(30-15)23-16(25)13(21-2)6-11(20)9-27-3/h6,8,12,14H,4-5,7,9-10,20H2,1-3H3,(H,24,26)(H,22,23,25)/p+1/b11-6-,21-13?/t12?,14-/m0/s1. The number of nitrogens with one attached hydrogen (secondary N) is 3. The van der Waals surface area contributed by atoms with Gasteiger partial charge in [0, 0.05) is 31.8 Å². The number of nitrogens with two attached hydrogens (primary N) is 1. The first-order chi connectivity index (χ1) is 14.3. The zero-order chi connectivity index (χ0) is 21.7. The SMILES string of the molecule is CN=C(/C=C(\N)COC)C(=O)Nc1[nH+]cc([C@@H]2CC(OC(=O)NC3(C)CC3)CO2)s1. The molecule has 10 nitrogen and oxygen atoms in total. The van der Waals surface area contributed by atoms with Crippen molar-refractivity contribution in [2.75, 3.05) is 32.7 Å². The van der Waals surface area contributed by atoms with Crippen molar-refractivity contribution in [3.63, 3.8) is 0 Å². The molecule has 1 aromatic heterocycles. The molecular formula is C19H28N5O5S+. The Morgan fingerprint density at radius 3 is 2.93 bits per heavy atom. The van der Waals surface area contributed by atoms with Crippen molar-refractivity contribution in [2.45, 2.75) is 43.9 Å². The predicted molar refractivity (Wildman–Crippen MR) is 111 cm³/mol. The first-order valence-electron chi connectivity index (χ1n) is 9.67. The molecule has 2 fully saturated rings. The predicted octanol–water partition coefficient (Wildman–Crippen LogP) is 1.17. The van der Waals surface area contributed by atoms with Gasteiger partial charge >= 0.3 is 17.1 Å². The summed E-state index contributed by atoms with van der Waals surface area (Å²) in [6.45, 7) is 2.54. The molecule has 11 heteroatoms. The van der Waals surface area contributed by atoms with E-state index in [2.05, 4.69) is 20.6 Å². The smallest absolute Gasteiger partial charge is 0.407 e. The van der Waals surface area contributed by atoms with Crippen molar-refractivity contribution in [1.82, 2.24) is 5.32 Å². The lowest BCUT2D eigenvalue weighted by atomic mass is 10.2. The number of alkyl carbamates (subject to hydrolysis) is 1. The van der Waals surface area contributed by atoms with Crippen molar-refractivity contribution < 1.29 is 28.8 Å². The minimum Gasteiger partial charge on any atom is -0.444 e. The van der Waals surface area contributed by atoms with Gasteiger partial charge in [0.1, 0.15) is 18.0 Å². The number of aliphatic imine (C=N–C) groups is 1. The number of aromatic nitrogens is 1. The fourth-order valence-electron chi connectivity index (χ4n) is 2.93. The van der Waals surface area contributed by atoms with Gasteiger partial charge in [-0.15, -0.1) is 0 Å². The van der Waals surface area contributed by atoms with Crippen LogP contribution in [0.15, 0.2) is 23.0 Å². The Labute approximate surface area is 178 Å². The third-order valence-electron chi connectivity index (χ3n) is 4.85. The van der Waals surface area contributed by atoms with Gasteiger partial charge in [0.05, 0.1) is 24.2 Å². The quantitative estimate of drug-likeness (QED) is 0.521. The van der Waals surface area contributed by atoms with Crippen molar-refractivity contribution >= 4 is 34.2 Å². The van der Waals surface area contributed by atoms with E-state index < -0.39 is 6.09 Å². The summed E-state index contributed by atoms with van der Waals surface area (Å²) in [5.41, 5.74) is 6.25. The first kappa shape index (κ1) is 22.2. The molecule has 1 aliphatic carbocycles. The van der Waals surface area contributed by atoms with E-state index in [9.17, 15) is 9.59 Å². The van der Waals surface area contributed by atoms with Crippen LogP contribution in [0.3, 0.4) is 0 Å². The highest BCUT2D eigenvalue weighted by atomic mass is 32.1. The summed E-state index contributed by atoms with van der Waals surface area (Å²) in [5, 5.41) is 6.18. The summed E-state index contributed by atoms with van der Waals surface area (Å²) >= 11 is 1.36. The fraction of sp³-hybridized carbons (Fsp3) is 0.579. The minimum absolute atomic E-state index is 0.115. The third-order valence-corrected chi connectivity index (χ3v) is 5.89. The summed E-state index contributed by atoms with van der Waals surface area (Å²) < 4.78 is 16.2. The Balaban J connectivity index is 1.51. The van der Waals surface area contributed by atoms with Gasteiger partial charge in [0.25, 0.3) is 0 Å². The molecule has 2 amide bonds. The van der Waals surface area contributed by atoms with Crippen LogP contribution in [0.5, 0.6) is 0 Å². The van der Waals surface area contributed by atoms with Gasteiger partial charge in [-0.1, -0.05) is 0 Å². The lowest BCUT2D eigenvalue weighted by molar-refractivity contribution is -0.355. The number of anilines is 1. The molecule has 0 radical (unpaired) electrons. The number of amides is 2. The maximum absolute atomic E-state index is 12.4. The van der Waals surface area contributed by atoms with Crippen LogP contribution in [0.2, 0.25) is 0 Å². The van der Waals surface area contributed by atoms with Crippen LogP contribution in [-0.4, -0.2) is 56.7 Å². The summed E-state index contributed by atoms with van der Waals surface area (Å²) in [5.74, 6) is -0.389. The average Bonchev–Trinajstić information content (AvgIpc) is 3.08. The Morgan fingerprint density at radius 1 is 1.50 bits per heavy atom. The number of hydrogen-bond acceptors (Lipinski definition) is 8. The Morgan fingerprint density at radius 2 is 2.27 bits per heavy atom. The summed E-state index contributed by atoms with van der Waals surface area (Å²) in [4.78, 5) is 32.3. The molecule has 2 aliphatic rings. The second kappa shape index (κ2) is 9.54. The second-order valence-electron chi connectivity index (χ2n) is 7.61. The minimum atomic E-state index is -0.401. The van der Waals surface area contributed by atoms with E-state index >= 15 is 0 Å². The van der Waals surface area contributed by atoms with E-state index in [4.69, 9.17) is 19.9 Å². The number of methoxy groups -OCH3 is 1. The highest BCUT2D eigenvalue weighted by Gasteiger charge is 2.40. The Kier molecular flexibility index (Phi) is 7.06. The number of ether oxygens (including phenoxy) is 3. The molecule has 0 spiro atoms. The molecule has 30 heavy (non-hydrogen) atoms. The van der Waals surface area contributed by atoms with E-state index in [0.29, 0.717) is 23.9 Å². The molecule has 1 aliphatic heterocycles. The topological polar surface area (TPSA) is 138 Å². The molecule has 1 aromatic rings. The molecule has 1 saturated heterocycles. The number of carbonyl (C=O) groups excluding carboxylic acids is 2. The lowest BCUT2D eigenvalue weighted by Crippen LogP contribution is -2.37. The number of nitrogens with zero attached hydrogens (tertiary/aromatic N) is 1. The van der Waals surface area contributed by atoms with Crippen LogP contribution in [0.25, 0.3) is 0 Å². The molecule has 1 saturated carbocycles. The highest BCUT2D eigenvalue weighted by Crippen LogP contribution is 2.36. The number of hydrogen-bond donors (Lipinski definition) is 3. The van der Waals surface area contributed by atoms with Crippen LogP contribution in [0, 0.1) is 0 Å². The van der Waals surface area contributed by atoms with E-state index in [1.165, 1.54) is 31.6 Å². The normalized spacial score (nSPS) is 23.2. The van der Waals surface area contributed by atoms with Crippen LogP contribution in [-0.2, 0) is 19.0 Å². The van der Waals surface area contributed by atoms with Crippen molar-refractivity contribution in [3.05, 3.63) is 22.8 Å². The van der Waals surface area contributed by atoms with Gasteiger partial charge in [-0.2, -0.15) is 5.32 Å². The van der Waals surface area contributed by atoms with E-state index in [-0.39, 0.29) is 36.0 Å². The van der Waals surface area contributed by atoms with Crippen LogP contribution >= 0.6 is 11.3 Å². The summed E-state index contributed by atoms with van der Waals surface area (Å²) in [6, 6.07) is 0. The molecule has 164 valence electrons. The zero-order valence-corrected chi connectivity index (χ0v) is 18.1. The maximum Gasteiger partial charge on any atom is 0.407 e. The molecule has 1 unspecified atom stereocenters. The summed E-state index contributed by atoms with van der Waals surface area (Å²) in [7, 11) is 3.04. The lowest BCUT2D eigenvalue weighted by Gasteiger charge is -2.14. The molecule has 3 rings (SSSR count).